The van der Waals surface area contributed by atoms with E-state index in [4.69, 9.17) is 34.8 Å². The fourth-order valence-electron chi connectivity index (χ4n) is 4.61. The number of rotatable bonds is 12. The molecule has 2 amide bonds. The number of anilines is 1. The largest absolute Gasteiger partial charge is 0.355 e. The van der Waals surface area contributed by atoms with Gasteiger partial charge in [0.1, 0.15) is 12.6 Å². The molecule has 4 aromatic rings. The third kappa shape index (κ3) is 8.51. The van der Waals surface area contributed by atoms with Crippen molar-refractivity contribution >= 4 is 62.3 Å². The van der Waals surface area contributed by atoms with E-state index in [-0.39, 0.29) is 39.5 Å². The summed E-state index contributed by atoms with van der Waals surface area (Å²) < 4.78 is 28.9. The zero-order valence-corrected chi connectivity index (χ0v) is 26.4. The van der Waals surface area contributed by atoms with Crippen molar-refractivity contribution in [3.05, 3.63) is 129 Å². The standard InChI is InChI=1S/C32H30Cl3N3O4S/c1-2-36-32(40)30(17-23-10-5-3-6-11-23)37(21-24-12-9-13-25(33)16-24)31(39)22-38(28-19-26(34)18-27(35)20-28)43(41,42)29-14-7-4-8-15-29/h3-16,18-20,30H,2,17,21-22H2,1H3,(H,36,40). The van der Waals surface area contributed by atoms with Gasteiger partial charge in [0, 0.05) is 34.6 Å². The first-order chi connectivity index (χ1) is 20.6. The number of likely N-dealkylation sites (N-methyl/N-ethyl adjacent to an activating group) is 1. The summed E-state index contributed by atoms with van der Waals surface area (Å²) in [6.45, 7) is 1.51. The Morgan fingerprint density at radius 2 is 1.37 bits per heavy atom. The highest BCUT2D eigenvalue weighted by atomic mass is 35.5. The summed E-state index contributed by atoms with van der Waals surface area (Å²) in [4.78, 5) is 29.2. The van der Waals surface area contributed by atoms with Gasteiger partial charge in [0.25, 0.3) is 10.0 Å². The quantitative estimate of drug-likeness (QED) is 0.185. The van der Waals surface area contributed by atoms with Crippen LogP contribution in [0.15, 0.2) is 108 Å². The minimum atomic E-state index is -4.26. The maximum atomic E-state index is 14.3. The second-order valence-corrected chi connectivity index (χ2v) is 12.9. The van der Waals surface area contributed by atoms with Gasteiger partial charge in [0.05, 0.1) is 10.6 Å². The molecule has 1 atom stereocenters. The van der Waals surface area contributed by atoms with Crippen molar-refractivity contribution in [2.45, 2.75) is 30.8 Å². The number of nitrogens with zero attached hydrogens (tertiary/aromatic N) is 2. The molecule has 224 valence electrons. The number of carbonyl (C=O) groups is 2. The minimum Gasteiger partial charge on any atom is -0.355 e. The van der Waals surface area contributed by atoms with Gasteiger partial charge in [-0.25, -0.2) is 8.42 Å². The van der Waals surface area contributed by atoms with Crippen LogP contribution in [0.1, 0.15) is 18.1 Å². The molecule has 1 N–H and O–H groups in total. The smallest absolute Gasteiger partial charge is 0.264 e. The molecule has 0 spiro atoms. The number of benzene rings is 4. The van der Waals surface area contributed by atoms with Crippen LogP contribution in [0.2, 0.25) is 15.1 Å². The fourth-order valence-corrected chi connectivity index (χ4v) is 6.76. The summed E-state index contributed by atoms with van der Waals surface area (Å²) in [6.07, 6.45) is 0.202. The maximum absolute atomic E-state index is 14.3. The average Bonchev–Trinajstić information content (AvgIpc) is 2.98. The molecule has 7 nitrogen and oxygen atoms in total. The van der Waals surface area contributed by atoms with E-state index >= 15 is 0 Å². The first kappa shape index (κ1) is 32.4. The number of nitrogens with one attached hydrogen (secondary N) is 1. The van der Waals surface area contributed by atoms with Gasteiger partial charge in [-0.15, -0.1) is 0 Å². The number of carbonyl (C=O) groups excluding carboxylic acids is 2. The highest BCUT2D eigenvalue weighted by Crippen LogP contribution is 2.30. The van der Waals surface area contributed by atoms with Crippen LogP contribution < -0.4 is 9.62 Å². The highest BCUT2D eigenvalue weighted by molar-refractivity contribution is 7.92. The molecule has 0 fully saturated rings. The lowest BCUT2D eigenvalue weighted by Gasteiger charge is -2.34. The van der Waals surface area contributed by atoms with Gasteiger partial charge >= 0.3 is 0 Å². The van der Waals surface area contributed by atoms with Crippen LogP contribution in [0.4, 0.5) is 5.69 Å². The van der Waals surface area contributed by atoms with Crippen LogP contribution in [0, 0.1) is 0 Å². The van der Waals surface area contributed by atoms with Gasteiger partial charge in [-0.1, -0.05) is 95.5 Å². The molecule has 11 heteroatoms. The van der Waals surface area contributed by atoms with Crippen molar-refractivity contribution in [2.24, 2.45) is 0 Å². The summed E-state index contributed by atoms with van der Waals surface area (Å²) >= 11 is 18.8. The van der Waals surface area contributed by atoms with Gasteiger partial charge in [0.2, 0.25) is 11.8 Å². The Labute approximate surface area is 267 Å². The molecule has 0 aliphatic rings. The van der Waals surface area contributed by atoms with E-state index in [0.717, 1.165) is 9.87 Å². The lowest BCUT2D eigenvalue weighted by molar-refractivity contribution is -0.140. The van der Waals surface area contributed by atoms with Crippen molar-refractivity contribution in [3.63, 3.8) is 0 Å². The van der Waals surface area contributed by atoms with Crippen LogP contribution in [0.25, 0.3) is 0 Å². The first-order valence-corrected chi connectivity index (χ1v) is 16.1. The molecule has 0 saturated heterocycles. The topological polar surface area (TPSA) is 86.8 Å². The van der Waals surface area contributed by atoms with Crippen LogP contribution in [-0.2, 0) is 32.6 Å². The van der Waals surface area contributed by atoms with Gasteiger partial charge in [-0.2, -0.15) is 0 Å². The van der Waals surface area contributed by atoms with E-state index < -0.39 is 28.5 Å². The number of halogens is 3. The number of hydrogen-bond donors (Lipinski definition) is 1. The van der Waals surface area contributed by atoms with Gasteiger partial charge in [0.15, 0.2) is 0 Å². The Bertz CT molecular complexity index is 1650. The van der Waals surface area contributed by atoms with Crippen molar-refractivity contribution in [2.75, 3.05) is 17.4 Å². The molecule has 0 saturated carbocycles. The predicted molar refractivity (Wildman–Crippen MR) is 172 cm³/mol. The number of amides is 2. The zero-order chi connectivity index (χ0) is 31.0. The molecule has 43 heavy (non-hydrogen) atoms. The Morgan fingerprint density at radius 3 is 1.98 bits per heavy atom. The molecule has 4 rings (SSSR count). The molecular weight excluding hydrogens is 629 g/mol. The second kappa shape index (κ2) is 14.8. The normalized spacial score (nSPS) is 11.9. The molecule has 4 aromatic carbocycles. The van der Waals surface area contributed by atoms with E-state index in [1.807, 2.05) is 30.3 Å². The number of hydrogen-bond acceptors (Lipinski definition) is 4. The van der Waals surface area contributed by atoms with Crippen molar-refractivity contribution < 1.29 is 18.0 Å². The van der Waals surface area contributed by atoms with Crippen LogP contribution in [-0.4, -0.2) is 44.3 Å². The maximum Gasteiger partial charge on any atom is 0.264 e. The molecule has 0 aliphatic heterocycles. The second-order valence-electron chi connectivity index (χ2n) is 9.70. The Balaban J connectivity index is 1.81. The monoisotopic (exact) mass is 657 g/mol. The third-order valence-corrected chi connectivity index (χ3v) is 9.07. The SMILES string of the molecule is CCNC(=O)C(Cc1ccccc1)N(Cc1cccc(Cl)c1)C(=O)CN(c1cc(Cl)cc(Cl)c1)S(=O)(=O)c1ccccc1. The molecule has 1 unspecified atom stereocenters. The van der Waals surface area contributed by atoms with Gasteiger partial charge in [-0.05, 0) is 60.5 Å². The molecule has 0 bridgehead atoms. The minimum absolute atomic E-state index is 0.00353. The molecular formula is C32H30Cl3N3O4S. The van der Waals surface area contributed by atoms with Crippen LogP contribution in [0.3, 0.4) is 0 Å². The summed E-state index contributed by atoms with van der Waals surface area (Å²) in [6, 6.07) is 27.4. The third-order valence-electron chi connectivity index (χ3n) is 6.61. The lowest BCUT2D eigenvalue weighted by Crippen LogP contribution is -2.53. The van der Waals surface area contributed by atoms with Crippen LogP contribution >= 0.6 is 34.8 Å². The lowest BCUT2D eigenvalue weighted by atomic mass is 10.0. The molecule has 0 aliphatic carbocycles. The van der Waals surface area contributed by atoms with E-state index in [0.29, 0.717) is 17.1 Å². The molecule has 0 radical (unpaired) electrons. The predicted octanol–water partition coefficient (Wildman–Crippen LogP) is 6.62. The summed E-state index contributed by atoms with van der Waals surface area (Å²) in [5.41, 5.74) is 1.61. The molecule has 0 heterocycles. The van der Waals surface area contributed by atoms with E-state index in [1.165, 1.54) is 35.2 Å². The van der Waals surface area contributed by atoms with E-state index in [2.05, 4.69) is 5.32 Å². The summed E-state index contributed by atoms with van der Waals surface area (Å²) in [5.74, 6) is -0.979. The van der Waals surface area contributed by atoms with E-state index in [9.17, 15) is 18.0 Å². The van der Waals surface area contributed by atoms with Crippen LogP contribution in [0.5, 0.6) is 0 Å². The highest BCUT2D eigenvalue weighted by Gasteiger charge is 2.34. The van der Waals surface area contributed by atoms with Crippen molar-refractivity contribution in [3.8, 4) is 0 Å². The van der Waals surface area contributed by atoms with Crippen molar-refractivity contribution in [1.82, 2.24) is 10.2 Å². The van der Waals surface area contributed by atoms with Gasteiger partial charge in [-0.3, -0.25) is 13.9 Å². The first-order valence-electron chi connectivity index (χ1n) is 13.5. The Kier molecular flexibility index (Phi) is 11.1. The van der Waals surface area contributed by atoms with Crippen molar-refractivity contribution in [1.29, 1.82) is 0 Å². The Morgan fingerprint density at radius 1 is 0.767 bits per heavy atom. The average molecular weight is 659 g/mol. The summed E-state index contributed by atoms with van der Waals surface area (Å²) in [5, 5.41) is 3.69. The Hall–Kier alpha value is -3.56. The fraction of sp³-hybridized carbons (Fsp3) is 0.188. The number of sulfonamides is 1. The zero-order valence-electron chi connectivity index (χ0n) is 23.3. The van der Waals surface area contributed by atoms with Gasteiger partial charge < -0.3 is 10.2 Å². The summed E-state index contributed by atoms with van der Waals surface area (Å²) in [7, 11) is -4.26. The molecule has 0 aromatic heterocycles. The van der Waals surface area contributed by atoms with E-state index in [1.54, 1.807) is 49.4 Å².